The Balaban J connectivity index is 1.26. The molecular weight excluding hydrogens is 638 g/mol. The Morgan fingerprint density at radius 3 is 2.30 bits per heavy atom. The van der Waals surface area contributed by atoms with Crippen LogP contribution in [-0.2, 0) is 16.0 Å². The summed E-state index contributed by atoms with van der Waals surface area (Å²) in [5.41, 5.74) is 4.58. The van der Waals surface area contributed by atoms with Crippen LogP contribution >= 0.6 is 0 Å². The first kappa shape index (κ1) is 36.4. The fourth-order valence-electron chi connectivity index (χ4n) is 7.28. The number of carbonyl (C=O) groups is 2. The van der Waals surface area contributed by atoms with Crippen LogP contribution in [-0.4, -0.2) is 65.4 Å². The molecule has 1 aliphatic carbocycles. The van der Waals surface area contributed by atoms with Gasteiger partial charge in [0.2, 0.25) is 23.0 Å². The number of nitrogens with one attached hydrogen (secondary N) is 2. The van der Waals surface area contributed by atoms with Crippen LogP contribution in [0, 0.1) is 0 Å². The van der Waals surface area contributed by atoms with Crippen LogP contribution in [0.25, 0.3) is 11.1 Å². The van der Waals surface area contributed by atoms with E-state index in [0.717, 1.165) is 72.4 Å². The number of hydrogen-bond donors (Lipinski definition) is 2. The van der Waals surface area contributed by atoms with Gasteiger partial charge in [-0.15, -0.1) is 0 Å². The van der Waals surface area contributed by atoms with Gasteiger partial charge < -0.3 is 39.2 Å². The molecule has 50 heavy (non-hydrogen) atoms. The third-order valence-electron chi connectivity index (χ3n) is 9.67. The Morgan fingerprint density at radius 1 is 0.820 bits per heavy atom. The lowest BCUT2D eigenvalue weighted by Crippen LogP contribution is -2.30. The number of unbranched alkanes of at least 4 members (excludes halogenated alkanes) is 2. The number of ether oxygens (including phenoxy) is 5. The molecular formula is C39H49N3O8. The van der Waals surface area contributed by atoms with Crippen LogP contribution < -0.4 is 39.7 Å². The summed E-state index contributed by atoms with van der Waals surface area (Å²) in [4.78, 5) is 41.1. The van der Waals surface area contributed by atoms with Gasteiger partial charge in [-0.2, -0.15) is 0 Å². The molecule has 1 fully saturated rings. The molecule has 2 atom stereocenters. The van der Waals surface area contributed by atoms with Crippen LogP contribution in [0.15, 0.2) is 47.3 Å². The molecule has 2 N–H and O–H groups in total. The summed E-state index contributed by atoms with van der Waals surface area (Å²) in [7, 11) is 7.99. The van der Waals surface area contributed by atoms with Crippen LogP contribution in [0.3, 0.4) is 0 Å². The van der Waals surface area contributed by atoms with Crippen molar-refractivity contribution >= 4 is 17.5 Å². The molecule has 2 amide bonds. The molecule has 1 heterocycles. The van der Waals surface area contributed by atoms with E-state index < -0.39 is 0 Å². The highest BCUT2D eigenvalue weighted by molar-refractivity contribution is 5.84. The van der Waals surface area contributed by atoms with Crippen molar-refractivity contribution in [2.24, 2.45) is 0 Å². The summed E-state index contributed by atoms with van der Waals surface area (Å²) in [5, 5.41) is 6.36. The number of aryl methyl sites for hydroxylation is 1. The van der Waals surface area contributed by atoms with Gasteiger partial charge in [-0.05, 0) is 85.5 Å². The second kappa shape index (κ2) is 16.7. The molecule has 0 unspecified atom stereocenters. The first-order valence-electron chi connectivity index (χ1n) is 17.3. The third kappa shape index (κ3) is 7.77. The smallest absolute Gasteiger partial charge is 0.223 e. The quantitative estimate of drug-likeness (QED) is 0.190. The second-order valence-corrected chi connectivity index (χ2v) is 12.7. The summed E-state index contributed by atoms with van der Waals surface area (Å²) in [5.74, 6) is 2.95. The van der Waals surface area contributed by atoms with Crippen LogP contribution in [0.1, 0.15) is 80.6 Å². The monoisotopic (exact) mass is 687 g/mol. The zero-order chi connectivity index (χ0) is 35.8. The van der Waals surface area contributed by atoms with E-state index in [1.807, 2.05) is 35.2 Å². The number of carbonyl (C=O) groups excluding carboxylic acids is 2. The number of likely N-dealkylation sites (tertiary alicyclic amines) is 1. The standard InChI is InChI=1S/C39H49N3O8/c1-24(43)41-30-17-13-25-21-35(48-4)38(49-5)39(50-6)37(25)27-16-18-31(33(44)23-29(27)30)40-19-9-7-8-12-36(45)42-20-10-11-32(42)28-15-14-26(46-2)22-34(28)47-3/h14-16,18,21-23,30,32H,7-13,17,19-20H2,1-6H3,(H,40,44)(H,41,43)/t30-,32+/m0/s1. The average molecular weight is 688 g/mol. The minimum Gasteiger partial charge on any atom is -0.497 e. The second-order valence-electron chi connectivity index (χ2n) is 12.7. The molecule has 11 nitrogen and oxygen atoms in total. The van der Waals surface area contributed by atoms with Gasteiger partial charge in [-0.25, -0.2) is 0 Å². The number of hydrogen-bond acceptors (Lipinski definition) is 9. The molecule has 0 spiro atoms. The predicted molar refractivity (Wildman–Crippen MR) is 193 cm³/mol. The summed E-state index contributed by atoms with van der Waals surface area (Å²) < 4.78 is 28.1. The highest BCUT2D eigenvalue weighted by atomic mass is 16.5. The first-order valence-corrected chi connectivity index (χ1v) is 17.3. The number of fused-ring (bicyclic) bond motifs is 3. The molecule has 3 aromatic rings. The Bertz CT molecular complexity index is 1760. The summed E-state index contributed by atoms with van der Waals surface area (Å²) in [6.45, 7) is 2.79. The normalized spacial score (nSPS) is 16.4. The lowest BCUT2D eigenvalue weighted by atomic mass is 9.95. The van der Waals surface area contributed by atoms with E-state index in [1.165, 1.54) is 6.92 Å². The van der Waals surface area contributed by atoms with Crippen LogP contribution in [0.2, 0.25) is 0 Å². The van der Waals surface area contributed by atoms with Crippen molar-refractivity contribution in [2.45, 2.75) is 70.4 Å². The van der Waals surface area contributed by atoms with E-state index in [9.17, 15) is 14.4 Å². The predicted octanol–water partition coefficient (Wildman–Crippen LogP) is 6.22. The van der Waals surface area contributed by atoms with E-state index in [2.05, 4.69) is 10.6 Å². The number of methoxy groups -OCH3 is 5. The Kier molecular flexibility index (Phi) is 12.1. The maximum absolute atomic E-state index is 13.6. The van der Waals surface area contributed by atoms with Crippen molar-refractivity contribution in [1.82, 2.24) is 10.2 Å². The molecule has 5 rings (SSSR count). The maximum Gasteiger partial charge on any atom is 0.223 e. The van der Waals surface area contributed by atoms with Crippen molar-refractivity contribution in [3.63, 3.8) is 0 Å². The number of nitrogens with zero attached hydrogens (tertiary/aromatic N) is 1. The van der Waals surface area contributed by atoms with Crippen LogP contribution in [0.4, 0.5) is 5.69 Å². The van der Waals surface area contributed by atoms with Gasteiger partial charge in [0, 0.05) is 43.6 Å². The third-order valence-corrected chi connectivity index (χ3v) is 9.67. The zero-order valence-corrected chi connectivity index (χ0v) is 30.0. The molecule has 0 saturated carbocycles. The van der Waals surface area contributed by atoms with Gasteiger partial charge in [0.15, 0.2) is 11.5 Å². The van der Waals surface area contributed by atoms with Crippen molar-refractivity contribution in [3.8, 4) is 39.9 Å². The summed E-state index contributed by atoms with van der Waals surface area (Å²) in [6.07, 6.45) is 5.93. The Hall–Kier alpha value is -4.93. The van der Waals surface area contributed by atoms with Gasteiger partial charge in [-0.1, -0.05) is 12.5 Å². The fourth-order valence-corrected chi connectivity index (χ4v) is 7.28. The van der Waals surface area contributed by atoms with Gasteiger partial charge in [0.1, 0.15) is 11.5 Å². The van der Waals surface area contributed by atoms with E-state index in [0.29, 0.717) is 54.3 Å². The largest absolute Gasteiger partial charge is 0.497 e. The number of rotatable bonds is 14. The van der Waals surface area contributed by atoms with Crippen molar-refractivity contribution in [1.29, 1.82) is 0 Å². The lowest BCUT2D eigenvalue weighted by Gasteiger charge is -2.26. The maximum atomic E-state index is 13.6. The Labute approximate surface area is 294 Å². The SMILES string of the molecule is COc1ccc([C@H]2CCCN2C(=O)CCCCCNc2ccc3c(cc2=O)[C@@H](NC(C)=O)CCc2cc(OC)c(OC)c(OC)c2-3)c(OC)c1. The minimum atomic E-state index is -0.372. The van der Waals surface area contributed by atoms with Gasteiger partial charge in [0.05, 0.1) is 53.3 Å². The van der Waals surface area contributed by atoms with Gasteiger partial charge in [-0.3, -0.25) is 14.4 Å². The Morgan fingerprint density at radius 2 is 1.60 bits per heavy atom. The summed E-state index contributed by atoms with van der Waals surface area (Å²) in [6, 6.07) is 12.7. The zero-order valence-electron chi connectivity index (χ0n) is 30.0. The summed E-state index contributed by atoms with van der Waals surface area (Å²) >= 11 is 0. The minimum absolute atomic E-state index is 0.00488. The number of benzene rings is 2. The highest BCUT2D eigenvalue weighted by Gasteiger charge is 2.32. The van der Waals surface area contributed by atoms with Crippen molar-refractivity contribution in [3.05, 3.63) is 69.4 Å². The van der Waals surface area contributed by atoms with Gasteiger partial charge in [0.25, 0.3) is 0 Å². The molecule has 3 aromatic carbocycles. The molecule has 1 aliphatic heterocycles. The van der Waals surface area contributed by atoms with Crippen molar-refractivity contribution in [2.75, 3.05) is 54.0 Å². The number of amides is 2. The van der Waals surface area contributed by atoms with E-state index >= 15 is 0 Å². The van der Waals surface area contributed by atoms with E-state index in [-0.39, 0.29) is 29.3 Å². The van der Waals surface area contributed by atoms with Crippen LogP contribution in [0.5, 0.6) is 28.7 Å². The van der Waals surface area contributed by atoms with Gasteiger partial charge >= 0.3 is 0 Å². The molecule has 2 aliphatic rings. The molecule has 1 saturated heterocycles. The molecule has 0 aromatic heterocycles. The molecule has 268 valence electrons. The fraction of sp³-hybridized carbons (Fsp3) is 0.462. The first-order chi connectivity index (χ1) is 24.2. The molecule has 11 heteroatoms. The molecule has 0 bridgehead atoms. The average Bonchev–Trinajstić information content (AvgIpc) is 3.50. The van der Waals surface area contributed by atoms with Crippen molar-refractivity contribution < 1.29 is 33.3 Å². The highest BCUT2D eigenvalue weighted by Crippen LogP contribution is 2.50. The molecule has 0 radical (unpaired) electrons. The number of anilines is 1. The lowest BCUT2D eigenvalue weighted by molar-refractivity contribution is -0.132. The van der Waals surface area contributed by atoms with E-state index in [1.54, 1.807) is 47.7 Å². The van der Waals surface area contributed by atoms with E-state index in [4.69, 9.17) is 23.7 Å². The topological polar surface area (TPSA) is 125 Å².